The monoisotopic (exact) mass is 256 g/mol. The fraction of sp³-hybridized carbons (Fsp3) is 0.538. The van der Waals surface area contributed by atoms with Gasteiger partial charge < -0.3 is 4.74 Å². The average Bonchev–Trinajstić information content (AvgIpc) is 3.15. The van der Waals surface area contributed by atoms with Crippen molar-refractivity contribution in [2.24, 2.45) is 11.8 Å². The lowest BCUT2D eigenvalue weighted by Crippen LogP contribution is -2.28. The van der Waals surface area contributed by atoms with Crippen molar-refractivity contribution in [3.63, 3.8) is 0 Å². The van der Waals surface area contributed by atoms with Gasteiger partial charge in [0.25, 0.3) is 0 Å². The van der Waals surface area contributed by atoms with E-state index < -0.39 is 6.61 Å². The highest BCUT2D eigenvalue weighted by Crippen LogP contribution is 2.37. The molecule has 1 aliphatic carbocycles. The lowest BCUT2D eigenvalue weighted by Gasteiger charge is -2.19. The highest BCUT2D eigenvalue weighted by atomic mass is 19.3. The summed E-state index contributed by atoms with van der Waals surface area (Å²) in [5.74, 6) is 6.50. The number of hydrogen-bond donors (Lipinski definition) is 2. The van der Waals surface area contributed by atoms with Crippen molar-refractivity contribution in [2.45, 2.75) is 38.3 Å². The number of hydrogen-bond acceptors (Lipinski definition) is 3. The third-order valence-corrected chi connectivity index (χ3v) is 3.27. The normalized spacial score (nSPS) is 16.9. The number of ether oxygens (including phenoxy) is 1. The molecule has 1 fully saturated rings. The number of para-hydroxylation sites is 1. The van der Waals surface area contributed by atoms with Gasteiger partial charge in [0.15, 0.2) is 0 Å². The standard InChI is InChI=1S/C13H18F2N2O/c14-13(15)18-12-4-2-1-3-10(12)11(17-16)8-7-9-5-6-9/h1-4,9,11,13,17H,5-8,16H2. The molecule has 5 heteroatoms. The Morgan fingerprint density at radius 2 is 2.06 bits per heavy atom. The lowest BCUT2D eigenvalue weighted by molar-refractivity contribution is -0.0507. The zero-order valence-electron chi connectivity index (χ0n) is 10.1. The molecule has 1 aromatic carbocycles. The second kappa shape index (κ2) is 6.11. The van der Waals surface area contributed by atoms with Gasteiger partial charge in [-0.1, -0.05) is 31.0 Å². The molecule has 1 aromatic rings. The van der Waals surface area contributed by atoms with Crippen LogP contribution in [0, 0.1) is 5.92 Å². The molecule has 0 heterocycles. The third kappa shape index (κ3) is 3.65. The number of halogens is 2. The van der Waals surface area contributed by atoms with Crippen LogP contribution in [0.2, 0.25) is 0 Å². The summed E-state index contributed by atoms with van der Waals surface area (Å²) in [6.07, 6.45) is 4.45. The lowest BCUT2D eigenvalue weighted by atomic mass is 10.00. The molecule has 1 aliphatic rings. The molecule has 100 valence electrons. The van der Waals surface area contributed by atoms with Crippen LogP contribution in [-0.4, -0.2) is 6.61 Å². The number of benzene rings is 1. The van der Waals surface area contributed by atoms with E-state index in [0.717, 1.165) is 18.8 Å². The number of hydrazine groups is 1. The van der Waals surface area contributed by atoms with Gasteiger partial charge in [-0.15, -0.1) is 0 Å². The highest BCUT2D eigenvalue weighted by Gasteiger charge is 2.24. The molecule has 0 amide bonds. The Labute approximate surface area is 105 Å². The SMILES string of the molecule is NNC(CCC1CC1)c1ccccc1OC(F)F. The van der Waals surface area contributed by atoms with Crippen LogP contribution in [0.3, 0.4) is 0 Å². The van der Waals surface area contributed by atoms with Crippen LogP contribution in [-0.2, 0) is 0 Å². The molecule has 1 unspecified atom stereocenters. The topological polar surface area (TPSA) is 47.3 Å². The van der Waals surface area contributed by atoms with Crippen LogP contribution < -0.4 is 16.0 Å². The van der Waals surface area contributed by atoms with E-state index in [0.29, 0.717) is 5.56 Å². The molecule has 0 bridgehead atoms. The molecule has 0 aromatic heterocycles. The Balaban J connectivity index is 2.06. The Morgan fingerprint density at radius 3 is 2.67 bits per heavy atom. The van der Waals surface area contributed by atoms with E-state index in [1.54, 1.807) is 24.3 Å². The average molecular weight is 256 g/mol. The van der Waals surface area contributed by atoms with Crippen LogP contribution in [0.1, 0.15) is 37.3 Å². The fourth-order valence-electron chi connectivity index (χ4n) is 2.11. The van der Waals surface area contributed by atoms with Crippen LogP contribution in [0.15, 0.2) is 24.3 Å². The summed E-state index contributed by atoms with van der Waals surface area (Å²) in [6.45, 7) is -2.81. The fourth-order valence-corrected chi connectivity index (χ4v) is 2.11. The molecule has 0 radical (unpaired) electrons. The van der Waals surface area contributed by atoms with Crippen LogP contribution in [0.25, 0.3) is 0 Å². The minimum absolute atomic E-state index is 0.138. The first-order valence-corrected chi connectivity index (χ1v) is 6.20. The predicted molar refractivity (Wildman–Crippen MR) is 65.1 cm³/mol. The molecule has 1 atom stereocenters. The number of nitrogens with one attached hydrogen (secondary N) is 1. The van der Waals surface area contributed by atoms with Crippen molar-refractivity contribution in [3.8, 4) is 5.75 Å². The molecule has 0 spiro atoms. The van der Waals surface area contributed by atoms with Gasteiger partial charge in [0.2, 0.25) is 0 Å². The van der Waals surface area contributed by atoms with E-state index in [1.807, 2.05) is 0 Å². The van der Waals surface area contributed by atoms with Gasteiger partial charge >= 0.3 is 6.61 Å². The van der Waals surface area contributed by atoms with E-state index in [9.17, 15) is 8.78 Å². The molecule has 3 nitrogen and oxygen atoms in total. The van der Waals surface area contributed by atoms with Crippen molar-refractivity contribution in [1.82, 2.24) is 5.43 Å². The molecule has 3 N–H and O–H groups in total. The maximum atomic E-state index is 12.3. The number of rotatable bonds is 7. The van der Waals surface area contributed by atoms with E-state index in [-0.39, 0.29) is 11.8 Å². The van der Waals surface area contributed by atoms with Gasteiger partial charge in [-0.25, -0.2) is 0 Å². The quantitative estimate of drug-likeness (QED) is 0.582. The zero-order chi connectivity index (χ0) is 13.0. The van der Waals surface area contributed by atoms with Crippen molar-refractivity contribution in [1.29, 1.82) is 0 Å². The molecular weight excluding hydrogens is 238 g/mol. The van der Waals surface area contributed by atoms with E-state index >= 15 is 0 Å². The summed E-state index contributed by atoms with van der Waals surface area (Å²) < 4.78 is 29.2. The first kappa shape index (κ1) is 13.2. The molecule has 0 aliphatic heterocycles. The maximum absolute atomic E-state index is 12.3. The van der Waals surface area contributed by atoms with Crippen LogP contribution in [0.5, 0.6) is 5.75 Å². The Hall–Kier alpha value is -1.20. The summed E-state index contributed by atoms with van der Waals surface area (Å²) in [7, 11) is 0. The van der Waals surface area contributed by atoms with E-state index in [2.05, 4.69) is 10.2 Å². The summed E-state index contributed by atoms with van der Waals surface area (Å²) in [5.41, 5.74) is 3.39. The molecule has 0 saturated heterocycles. The summed E-state index contributed by atoms with van der Waals surface area (Å²) >= 11 is 0. The van der Waals surface area contributed by atoms with Gasteiger partial charge in [0.05, 0.1) is 0 Å². The van der Waals surface area contributed by atoms with Gasteiger partial charge in [0, 0.05) is 11.6 Å². The highest BCUT2D eigenvalue weighted by molar-refractivity contribution is 5.35. The van der Waals surface area contributed by atoms with Crippen molar-refractivity contribution in [2.75, 3.05) is 0 Å². The van der Waals surface area contributed by atoms with Crippen molar-refractivity contribution < 1.29 is 13.5 Å². The predicted octanol–water partition coefficient (Wildman–Crippen LogP) is 2.98. The second-order valence-corrected chi connectivity index (χ2v) is 4.66. The first-order valence-electron chi connectivity index (χ1n) is 6.20. The van der Waals surface area contributed by atoms with Gasteiger partial charge in [0.1, 0.15) is 5.75 Å². The van der Waals surface area contributed by atoms with Crippen molar-refractivity contribution in [3.05, 3.63) is 29.8 Å². The maximum Gasteiger partial charge on any atom is 0.387 e. The largest absolute Gasteiger partial charge is 0.434 e. The number of alkyl halides is 2. The Bertz CT molecular complexity index is 383. The first-order chi connectivity index (χ1) is 8.70. The molecule has 2 rings (SSSR count). The number of nitrogens with two attached hydrogens (primary N) is 1. The van der Waals surface area contributed by atoms with Gasteiger partial charge in [-0.3, -0.25) is 11.3 Å². The van der Waals surface area contributed by atoms with E-state index in [1.165, 1.54) is 12.8 Å². The Morgan fingerprint density at radius 1 is 1.33 bits per heavy atom. The zero-order valence-corrected chi connectivity index (χ0v) is 10.1. The van der Waals surface area contributed by atoms with Gasteiger partial charge in [-0.2, -0.15) is 8.78 Å². The smallest absolute Gasteiger partial charge is 0.387 e. The summed E-state index contributed by atoms with van der Waals surface area (Å²) in [6, 6.07) is 6.66. The minimum Gasteiger partial charge on any atom is -0.434 e. The summed E-state index contributed by atoms with van der Waals surface area (Å²) in [5, 5.41) is 0. The minimum atomic E-state index is -2.81. The molecular formula is C13H18F2N2O. The van der Waals surface area contributed by atoms with Crippen molar-refractivity contribution >= 4 is 0 Å². The van der Waals surface area contributed by atoms with Crippen LogP contribution >= 0.6 is 0 Å². The van der Waals surface area contributed by atoms with Crippen LogP contribution in [0.4, 0.5) is 8.78 Å². The molecule has 18 heavy (non-hydrogen) atoms. The van der Waals surface area contributed by atoms with E-state index in [4.69, 9.17) is 5.84 Å². The molecule has 1 saturated carbocycles. The van der Waals surface area contributed by atoms with Gasteiger partial charge in [-0.05, 0) is 24.8 Å². The summed E-state index contributed by atoms with van der Waals surface area (Å²) in [4.78, 5) is 0. The third-order valence-electron chi connectivity index (χ3n) is 3.27. The second-order valence-electron chi connectivity index (χ2n) is 4.66. The Kier molecular flexibility index (Phi) is 4.49.